The highest BCUT2D eigenvalue weighted by atomic mass is 32.1. The van der Waals surface area contributed by atoms with E-state index in [9.17, 15) is 4.79 Å². The van der Waals surface area contributed by atoms with Crippen LogP contribution < -0.4 is 16.4 Å². The Kier molecular flexibility index (Phi) is 3.79. The van der Waals surface area contributed by atoms with Gasteiger partial charge in [0, 0.05) is 25.0 Å². The molecule has 4 N–H and O–H groups in total. The van der Waals surface area contributed by atoms with Gasteiger partial charge in [-0.05, 0) is 25.8 Å². The molecule has 2 aromatic rings. The van der Waals surface area contributed by atoms with Crippen molar-refractivity contribution in [1.29, 1.82) is 0 Å². The Morgan fingerprint density at radius 2 is 2.15 bits per heavy atom. The van der Waals surface area contributed by atoms with E-state index in [1.165, 1.54) is 24.2 Å². The number of carbonyl (C=O) groups excluding carboxylic acids is 1. The van der Waals surface area contributed by atoms with Gasteiger partial charge in [0.05, 0.1) is 5.69 Å². The van der Waals surface area contributed by atoms with Gasteiger partial charge in [-0.2, -0.15) is 0 Å². The summed E-state index contributed by atoms with van der Waals surface area (Å²) >= 11 is 1.28. The third-order valence-corrected chi connectivity index (χ3v) is 4.32. The van der Waals surface area contributed by atoms with Crippen LogP contribution in [-0.2, 0) is 0 Å². The number of carbonyl (C=O) groups is 1. The van der Waals surface area contributed by atoms with Crippen LogP contribution in [0, 0.1) is 0 Å². The quantitative estimate of drug-likeness (QED) is 0.694. The van der Waals surface area contributed by atoms with Gasteiger partial charge in [0.25, 0.3) is 5.91 Å². The molecule has 2 aromatic heterocycles. The number of rotatable bonds is 6. The summed E-state index contributed by atoms with van der Waals surface area (Å²) in [6, 6.07) is 0.709. The van der Waals surface area contributed by atoms with Crippen LogP contribution >= 0.6 is 11.3 Å². The molecule has 6 nitrogen and oxygen atoms in total. The van der Waals surface area contributed by atoms with Crippen molar-refractivity contribution in [2.75, 3.05) is 18.8 Å². The minimum atomic E-state index is -0.140. The van der Waals surface area contributed by atoms with Gasteiger partial charge in [0.15, 0.2) is 0 Å². The normalized spacial score (nSPS) is 14.6. The molecule has 0 aromatic carbocycles. The standard InChI is InChI=1S/C13H17N5OS/c14-9-10-13(18-7-6-16-10)20-11(9)12(19)17-5-1-4-15-8-2-3-8/h6-8,15H,1-5,14H2,(H,17,19). The van der Waals surface area contributed by atoms with Crippen molar-refractivity contribution < 1.29 is 4.79 Å². The number of nitrogens with one attached hydrogen (secondary N) is 2. The minimum Gasteiger partial charge on any atom is -0.396 e. The number of hydrogen-bond donors (Lipinski definition) is 3. The molecule has 0 unspecified atom stereocenters. The molecule has 106 valence electrons. The molecule has 0 saturated heterocycles. The van der Waals surface area contributed by atoms with Crippen LogP contribution in [0.25, 0.3) is 10.3 Å². The maximum Gasteiger partial charge on any atom is 0.263 e. The van der Waals surface area contributed by atoms with Crippen molar-refractivity contribution in [1.82, 2.24) is 20.6 Å². The Morgan fingerprint density at radius 1 is 1.35 bits per heavy atom. The molecular weight excluding hydrogens is 274 g/mol. The Morgan fingerprint density at radius 3 is 2.90 bits per heavy atom. The van der Waals surface area contributed by atoms with Crippen molar-refractivity contribution >= 4 is 33.3 Å². The van der Waals surface area contributed by atoms with Crippen molar-refractivity contribution in [2.24, 2.45) is 0 Å². The fraction of sp³-hybridized carbons (Fsp3) is 0.462. The second kappa shape index (κ2) is 5.72. The minimum absolute atomic E-state index is 0.140. The number of fused-ring (bicyclic) bond motifs is 1. The lowest BCUT2D eigenvalue weighted by molar-refractivity contribution is 0.0958. The molecule has 3 rings (SSSR count). The van der Waals surface area contributed by atoms with Gasteiger partial charge in [-0.3, -0.25) is 4.79 Å². The molecule has 1 saturated carbocycles. The molecule has 0 bridgehead atoms. The topological polar surface area (TPSA) is 92.9 Å². The molecule has 2 heterocycles. The smallest absolute Gasteiger partial charge is 0.263 e. The zero-order chi connectivity index (χ0) is 13.9. The average molecular weight is 291 g/mol. The second-order valence-corrected chi connectivity index (χ2v) is 5.89. The van der Waals surface area contributed by atoms with Crippen molar-refractivity contribution in [2.45, 2.75) is 25.3 Å². The van der Waals surface area contributed by atoms with Crippen LogP contribution in [0.5, 0.6) is 0 Å². The fourth-order valence-electron chi connectivity index (χ4n) is 1.98. The van der Waals surface area contributed by atoms with E-state index in [2.05, 4.69) is 20.6 Å². The molecule has 20 heavy (non-hydrogen) atoms. The van der Waals surface area contributed by atoms with E-state index in [-0.39, 0.29) is 5.91 Å². The number of hydrogen-bond acceptors (Lipinski definition) is 6. The highest BCUT2D eigenvalue weighted by molar-refractivity contribution is 7.21. The lowest BCUT2D eigenvalue weighted by Gasteiger charge is -2.05. The SMILES string of the molecule is Nc1c(C(=O)NCCCNC2CC2)sc2nccnc12. The monoisotopic (exact) mass is 291 g/mol. The van der Waals surface area contributed by atoms with Gasteiger partial charge < -0.3 is 16.4 Å². The number of nitrogens with two attached hydrogens (primary N) is 1. The molecule has 1 fully saturated rings. The van der Waals surface area contributed by atoms with Gasteiger partial charge in [0.1, 0.15) is 15.2 Å². The van der Waals surface area contributed by atoms with Crippen molar-refractivity contribution in [3.63, 3.8) is 0 Å². The summed E-state index contributed by atoms with van der Waals surface area (Å²) in [6.07, 6.45) is 6.67. The summed E-state index contributed by atoms with van der Waals surface area (Å²) in [5, 5.41) is 6.30. The predicted octanol–water partition coefficient (Wildman–Crippen LogP) is 1.15. The van der Waals surface area contributed by atoms with Gasteiger partial charge in [-0.25, -0.2) is 9.97 Å². The maximum atomic E-state index is 12.1. The fourth-order valence-corrected chi connectivity index (χ4v) is 2.91. The predicted molar refractivity (Wildman–Crippen MR) is 79.8 cm³/mol. The lowest BCUT2D eigenvalue weighted by Crippen LogP contribution is -2.27. The maximum absolute atomic E-state index is 12.1. The van der Waals surface area contributed by atoms with E-state index >= 15 is 0 Å². The van der Waals surface area contributed by atoms with Gasteiger partial charge in [-0.15, -0.1) is 11.3 Å². The highest BCUT2D eigenvalue weighted by Gasteiger charge is 2.20. The molecule has 1 amide bonds. The zero-order valence-electron chi connectivity index (χ0n) is 11.1. The van der Waals surface area contributed by atoms with Crippen LogP contribution in [0.3, 0.4) is 0 Å². The summed E-state index contributed by atoms with van der Waals surface area (Å²) in [5.41, 5.74) is 6.99. The van der Waals surface area contributed by atoms with E-state index in [1.54, 1.807) is 12.4 Å². The Labute approximate surface area is 120 Å². The first-order chi connectivity index (χ1) is 9.75. The highest BCUT2D eigenvalue weighted by Crippen LogP contribution is 2.30. The molecule has 0 atom stereocenters. The molecule has 1 aliphatic rings. The summed E-state index contributed by atoms with van der Waals surface area (Å²) in [7, 11) is 0. The third kappa shape index (κ3) is 2.88. The number of amides is 1. The van der Waals surface area contributed by atoms with Crippen LogP contribution in [-0.4, -0.2) is 35.0 Å². The number of aromatic nitrogens is 2. The molecule has 0 spiro atoms. The van der Waals surface area contributed by atoms with E-state index in [0.29, 0.717) is 33.5 Å². The first-order valence-corrected chi connectivity index (χ1v) is 7.58. The van der Waals surface area contributed by atoms with E-state index < -0.39 is 0 Å². The van der Waals surface area contributed by atoms with Crippen molar-refractivity contribution in [3.05, 3.63) is 17.3 Å². The molecular formula is C13H17N5OS. The van der Waals surface area contributed by atoms with Crippen LogP contribution in [0.15, 0.2) is 12.4 Å². The van der Waals surface area contributed by atoms with E-state index in [0.717, 1.165) is 13.0 Å². The number of nitrogens with zero attached hydrogens (tertiary/aromatic N) is 2. The number of thiophene rings is 1. The second-order valence-electron chi connectivity index (χ2n) is 4.89. The average Bonchev–Trinajstić information content (AvgIpc) is 3.22. The van der Waals surface area contributed by atoms with E-state index in [1.807, 2.05) is 0 Å². The van der Waals surface area contributed by atoms with Crippen LogP contribution in [0.1, 0.15) is 28.9 Å². The number of anilines is 1. The van der Waals surface area contributed by atoms with E-state index in [4.69, 9.17) is 5.73 Å². The third-order valence-electron chi connectivity index (χ3n) is 3.22. The molecule has 7 heteroatoms. The van der Waals surface area contributed by atoms with Gasteiger partial charge >= 0.3 is 0 Å². The van der Waals surface area contributed by atoms with Gasteiger partial charge in [-0.1, -0.05) is 0 Å². The van der Waals surface area contributed by atoms with Gasteiger partial charge in [0.2, 0.25) is 0 Å². The summed E-state index contributed by atoms with van der Waals surface area (Å²) in [5.74, 6) is -0.140. The first-order valence-electron chi connectivity index (χ1n) is 6.76. The molecule has 0 aliphatic heterocycles. The zero-order valence-corrected chi connectivity index (χ0v) is 11.9. The summed E-state index contributed by atoms with van der Waals surface area (Å²) in [4.78, 5) is 21.6. The molecule has 1 aliphatic carbocycles. The summed E-state index contributed by atoms with van der Waals surface area (Å²) in [6.45, 7) is 1.59. The Bertz CT molecular complexity index is 622. The largest absolute Gasteiger partial charge is 0.396 e. The van der Waals surface area contributed by atoms with Crippen LogP contribution in [0.4, 0.5) is 5.69 Å². The Hall–Kier alpha value is -1.73. The Balaban J connectivity index is 1.56. The number of nitrogen functional groups attached to an aromatic ring is 1. The first kappa shape index (κ1) is 13.3. The summed E-state index contributed by atoms with van der Waals surface area (Å²) < 4.78 is 0. The van der Waals surface area contributed by atoms with Crippen LogP contribution in [0.2, 0.25) is 0 Å². The molecule has 0 radical (unpaired) electrons. The van der Waals surface area contributed by atoms with Crippen molar-refractivity contribution in [3.8, 4) is 0 Å². The lowest BCUT2D eigenvalue weighted by atomic mass is 10.3.